The second-order valence-electron chi connectivity index (χ2n) is 6.78. The van der Waals surface area contributed by atoms with Crippen molar-refractivity contribution in [3.63, 3.8) is 0 Å². The van der Waals surface area contributed by atoms with Crippen molar-refractivity contribution in [1.82, 2.24) is 24.5 Å². The first-order chi connectivity index (χ1) is 13.4. The van der Waals surface area contributed by atoms with Crippen LogP contribution in [-0.2, 0) is 22.4 Å². The number of likely N-dealkylation sites (N-methyl/N-ethyl adjacent to an activating group) is 1. The van der Waals surface area contributed by atoms with Crippen molar-refractivity contribution >= 4 is 17.7 Å². The number of hydrogen-bond donors (Lipinski definition) is 1. The minimum atomic E-state index is -1.02. The Hall–Kier alpha value is -3.29. The molecular weight excluding hydrogens is 358 g/mol. The summed E-state index contributed by atoms with van der Waals surface area (Å²) < 4.78 is 1.64. The van der Waals surface area contributed by atoms with Crippen molar-refractivity contribution in [1.29, 1.82) is 0 Å². The third kappa shape index (κ3) is 4.00. The van der Waals surface area contributed by atoms with Gasteiger partial charge in [0, 0.05) is 31.3 Å². The Kier molecular flexibility index (Phi) is 5.67. The molecule has 8 nitrogen and oxygen atoms in total. The van der Waals surface area contributed by atoms with Crippen molar-refractivity contribution < 1.29 is 14.7 Å². The highest BCUT2D eigenvalue weighted by molar-refractivity contribution is 5.83. The lowest BCUT2D eigenvalue weighted by molar-refractivity contribution is -0.149. The van der Waals surface area contributed by atoms with Gasteiger partial charge in [-0.05, 0) is 31.4 Å². The molecule has 146 valence electrons. The molecule has 28 heavy (non-hydrogen) atoms. The molecule has 3 aromatic rings. The zero-order chi connectivity index (χ0) is 20.3. The number of carboxylic acid groups (broad SMARTS) is 1. The third-order valence-electron chi connectivity index (χ3n) is 5.00. The Morgan fingerprint density at radius 1 is 1.21 bits per heavy atom. The molecule has 2 heterocycles. The highest BCUT2D eigenvalue weighted by atomic mass is 16.4. The lowest BCUT2D eigenvalue weighted by Crippen LogP contribution is -2.44. The number of rotatable bonds is 7. The molecule has 0 saturated heterocycles. The molecule has 1 amide bonds. The van der Waals surface area contributed by atoms with E-state index in [1.54, 1.807) is 11.6 Å². The number of amides is 1. The van der Waals surface area contributed by atoms with Gasteiger partial charge in [0.1, 0.15) is 12.4 Å². The fourth-order valence-electron chi connectivity index (χ4n) is 3.33. The van der Waals surface area contributed by atoms with E-state index >= 15 is 0 Å². The first-order valence-electron chi connectivity index (χ1n) is 9.06. The first-order valence-corrected chi connectivity index (χ1v) is 9.06. The van der Waals surface area contributed by atoms with Gasteiger partial charge in [-0.1, -0.05) is 30.3 Å². The average molecular weight is 381 g/mol. The summed E-state index contributed by atoms with van der Waals surface area (Å²) in [5.74, 6) is -0.713. The number of aromatic nitrogens is 4. The summed E-state index contributed by atoms with van der Waals surface area (Å²) in [5, 5.41) is 13.8. The second-order valence-corrected chi connectivity index (χ2v) is 6.78. The van der Waals surface area contributed by atoms with E-state index < -0.39 is 12.0 Å². The molecule has 0 aliphatic carbocycles. The molecule has 1 aromatic carbocycles. The fraction of sp³-hybridized carbons (Fsp3) is 0.350. The quantitative estimate of drug-likeness (QED) is 0.670. The van der Waals surface area contributed by atoms with E-state index in [4.69, 9.17) is 0 Å². The molecule has 8 heteroatoms. The highest BCUT2D eigenvalue weighted by Gasteiger charge is 2.27. The van der Waals surface area contributed by atoms with Gasteiger partial charge in [0.25, 0.3) is 5.78 Å². The van der Waals surface area contributed by atoms with Crippen LogP contribution in [0.15, 0.2) is 36.7 Å². The highest BCUT2D eigenvalue weighted by Crippen LogP contribution is 2.16. The topological polar surface area (TPSA) is 101 Å². The Morgan fingerprint density at radius 2 is 1.93 bits per heavy atom. The largest absolute Gasteiger partial charge is 0.480 e. The van der Waals surface area contributed by atoms with E-state index in [2.05, 4.69) is 15.1 Å². The summed E-state index contributed by atoms with van der Waals surface area (Å²) in [6.07, 6.45) is 2.36. The van der Waals surface area contributed by atoms with Gasteiger partial charge in [0.2, 0.25) is 5.91 Å². The summed E-state index contributed by atoms with van der Waals surface area (Å²) in [5.41, 5.74) is 3.49. The van der Waals surface area contributed by atoms with Crippen LogP contribution in [0.1, 0.15) is 28.9 Å². The number of fused-ring (bicyclic) bond motifs is 1. The third-order valence-corrected chi connectivity index (χ3v) is 5.00. The van der Waals surface area contributed by atoms with Crippen molar-refractivity contribution in [2.75, 3.05) is 7.05 Å². The van der Waals surface area contributed by atoms with Crippen molar-refractivity contribution in [2.24, 2.45) is 0 Å². The predicted octanol–water partition coefficient (Wildman–Crippen LogP) is 1.83. The van der Waals surface area contributed by atoms with Crippen LogP contribution in [-0.4, -0.2) is 54.6 Å². The zero-order valence-corrected chi connectivity index (χ0v) is 16.2. The van der Waals surface area contributed by atoms with Crippen molar-refractivity contribution in [3.8, 4) is 0 Å². The van der Waals surface area contributed by atoms with Crippen LogP contribution >= 0.6 is 0 Å². The maximum Gasteiger partial charge on any atom is 0.326 e. The van der Waals surface area contributed by atoms with E-state index in [9.17, 15) is 14.7 Å². The smallest absolute Gasteiger partial charge is 0.326 e. The first kappa shape index (κ1) is 19.5. The Labute approximate surface area is 162 Å². The number of benzene rings is 1. The number of carbonyl (C=O) groups excluding carboxylic acids is 1. The van der Waals surface area contributed by atoms with Gasteiger partial charge in [-0.3, -0.25) is 4.79 Å². The summed E-state index contributed by atoms with van der Waals surface area (Å²) >= 11 is 0. The van der Waals surface area contributed by atoms with Gasteiger partial charge >= 0.3 is 5.97 Å². The van der Waals surface area contributed by atoms with E-state index in [1.165, 1.54) is 11.2 Å². The summed E-state index contributed by atoms with van der Waals surface area (Å²) in [6, 6.07) is 8.40. The molecule has 1 unspecified atom stereocenters. The van der Waals surface area contributed by atoms with Gasteiger partial charge in [0.15, 0.2) is 0 Å². The molecule has 0 spiro atoms. The molecule has 0 aliphatic rings. The maximum atomic E-state index is 12.7. The second kappa shape index (κ2) is 8.16. The molecule has 1 N–H and O–H groups in total. The molecular formula is C20H23N5O3. The monoisotopic (exact) mass is 381 g/mol. The number of aryl methyl sites for hydroxylation is 2. The number of hydrogen-bond acceptors (Lipinski definition) is 5. The van der Waals surface area contributed by atoms with E-state index in [1.807, 2.05) is 44.2 Å². The zero-order valence-electron chi connectivity index (χ0n) is 16.2. The SMILES string of the molecule is Cc1nc2ncnn2c(C)c1CCC(=O)N(C)C(Cc1ccccc1)C(=O)O. The van der Waals surface area contributed by atoms with Gasteiger partial charge < -0.3 is 10.0 Å². The maximum absolute atomic E-state index is 12.7. The summed E-state index contributed by atoms with van der Waals surface area (Å²) in [7, 11) is 1.54. The molecule has 3 rings (SSSR count). The Bertz CT molecular complexity index is 1000. The normalized spacial score (nSPS) is 12.1. The van der Waals surface area contributed by atoms with Crippen LogP contribution < -0.4 is 0 Å². The lowest BCUT2D eigenvalue weighted by atomic mass is 10.0. The number of nitrogens with zero attached hydrogens (tertiary/aromatic N) is 5. The van der Waals surface area contributed by atoms with Crippen LogP contribution in [0.3, 0.4) is 0 Å². The predicted molar refractivity (Wildman–Crippen MR) is 103 cm³/mol. The molecule has 0 aliphatic heterocycles. The molecule has 2 aromatic heterocycles. The van der Waals surface area contributed by atoms with Crippen LogP contribution in [0.4, 0.5) is 0 Å². The Balaban J connectivity index is 1.72. The van der Waals surface area contributed by atoms with Crippen molar-refractivity contribution in [2.45, 2.75) is 39.2 Å². The van der Waals surface area contributed by atoms with Gasteiger partial charge in [-0.2, -0.15) is 10.1 Å². The van der Waals surface area contributed by atoms with E-state index in [0.29, 0.717) is 12.2 Å². The fourth-order valence-corrected chi connectivity index (χ4v) is 3.33. The number of aliphatic carboxylic acids is 1. The van der Waals surface area contributed by atoms with Gasteiger partial charge in [0.05, 0.1) is 0 Å². The molecule has 0 radical (unpaired) electrons. The van der Waals surface area contributed by atoms with E-state index in [0.717, 1.165) is 22.5 Å². The molecule has 0 bridgehead atoms. The van der Waals surface area contributed by atoms with Gasteiger partial charge in [-0.25, -0.2) is 14.3 Å². The number of carboxylic acids is 1. The van der Waals surface area contributed by atoms with Crippen LogP contribution in [0.2, 0.25) is 0 Å². The lowest BCUT2D eigenvalue weighted by Gasteiger charge is -2.25. The number of carbonyl (C=O) groups is 2. The van der Waals surface area contributed by atoms with Crippen LogP contribution in [0.5, 0.6) is 0 Å². The van der Waals surface area contributed by atoms with Crippen molar-refractivity contribution in [3.05, 3.63) is 59.2 Å². The standard InChI is InChI=1S/C20H23N5O3/c1-13-16(14(2)25-20(23-13)21-12-22-25)9-10-18(26)24(3)17(19(27)28)11-15-7-5-4-6-8-15/h4-8,12,17H,9-11H2,1-3H3,(H,27,28). The Morgan fingerprint density at radius 3 is 2.61 bits per heavy atom. The minimum Gasteiger partial charge on any atom is -0.480 e. The van der Waals surface area contributed by atoms with Crippen LogP contribution in [0, 0.1) is 13.8 Å². The average Bonchev–Trinajstić information content (AvgIpc) is 3.14. The summed E-state index contributed by atoms with van der Waals surface area (Å²) in [4.78, 5) is 34.2. The molecule has 1 atom stereocenters. The van der Waals surface area contributed by atoms with Crippen LogP contribution in [0.25, 0.3) is 5.78 Å². The molecule has 0 saturated carbocycles. The molecule has 0 fully saturated rings. The van der Waals surface area contributed by atoms with Gasteiger partial charge in [-0.15, -0.1) is 0 Å². The summed E-state index contributed by atoms with van der Waals surface area (Å²) in [6.45, 7) is 3.79. The minimum absolute atomic E-state index is 0.193. The van der Waals surface area contributed by atoms with E-state index in [-0.39, 0.29) is 18.7 Å².